The Kier molecular flexibility index (Phi) is 6.51. The Morgan fingerprint density at radius 3 is 2.63 bits per heavy atom. The van der Waals surface area contributed by atoms with Crippen LogP contribution in [0.25, 0.3) is 6.08 Å². The van der Waals surface area contributed by atoms with Gasteiger partial charge in [0.15, 0.2) is 30.5 Å². The van der Waals surface area contributed by atoms with Crippen LogP contribution in [0, 0.1) is 0 Å². The van der Waals surface area contributed by atoms with Gasteiger partial charge in [-0.15, -0.1) is 0 Å². The number of hydrogen-bond acceptors (Lipinski definition) is 6. The molecule has 7 nitrogen and oxygen atoms in total. The number of nitrogens with one attached hydrogen (secondary N) is 1. The van der Waals surface area contributed by atoms with E-state index in [9.17, 15) is 14.4 Å². The van der Waals surface area contributed by atoms with Crippen molar-refractivity contribution >= 4 is 29.4 Å². The highest BCUT2D eigenvalue weighted by Crippen LogP contribution is 2.32. The van der Waals surface area contributed by atoms with Gasteiger partial charge in [-0.25, -0.2) is 4.79 Å². The van der Waals surface area contributed by atoms with Crippen molar-refractivity contribution in [3.8, 4) is 11.5 Å². The SMILES string of the molecule is C/C=C/c1ccc(OCC(=O)OCC(=O)c2ccc3c(c2)[C@H](C)C(=O)N3)c(OC)c1. The van der Waals surface area contributed by atoms with Crippen LogP contribution in [0.3, 0.4) is 0 Å². The van der Waals surface area contributed by atoms with Crippen LogP contribution in [0.5, 0.6) is 11.5 Å². The van der Waals surface area contributed by atoms with Crippen molar-refractivity contribution in [1.29, 1.82) is 0 Å². The maximum atomic E-state index is 12.4. The lowest BCUT2D eigenvalue weighted by Crippen LogP contribution is -2.19. The van der Waals surface area contributed by atoms with Gasteiger partial charge in [0.25, 0.3) is 0 Å². The summed E-state index contributed by atoms with van der Waals surface area (Å²) < 4.78 is 15.8. The lowest BCUT2D eigenvalue weighted by molar-refractivity contribution is -0.144. The number of ether oxygens (including phenoxy) is 3. The first-order valence-electron chi connectivity index (χ1n) is 9.50. The van der Waals surface area contributed by atoms with Crippen molar-refractivity contribution in [1.82, 2.24) is 0 Å². The summed E-state index contributed by atoms with van der Waals surface area (Å²) in [6.07, 6.45) is 3.82. The van der Waals surface area contributed by atoms with Crippen LogP contribution in [-0.2, 0) is 14.3 Å². The standard InChI is InChI=1S/C23H23NO6/c1-4-5-15-6-9-20(21(10-15)28-3)29-13-22(26)30-12-19(25)16-7-8-18-17(11-16)14(2)23(27)24-18/h4-11,14H,12-13H2,1-3H3,(H,24,27)/b5-4+/t14-/m0/s1. The summed E-state index contributed by atoms with van der Waals surface area (Å²) in [5, 5.41) is 2.75. The summed E-state index contributed by atoms with van der Waals surface area (Å²) in [5.74, 6) is -0.561. The fourth-order valence-corrected chi connectivity index (χ4v) is 3.10. The van der Waals surface area contributed by atoms with E-state index in [2.05, 4.69) is 5.32 Å². The Morgan fingerprint density at radius 2 is 1.90 bits per heavy atom. The zero-order chi connectivity index (χ0) is 21.7. The number of Topliss-reactive ketones (excluding diaryl/α,β-unsaturated/α-hetero) is 1. The smallest absolute Gasteiger partial charge is 0.344 e. The first kappa shape index (κ1) is 21.1. The van der Waals surface area contributed by atoms with E-state index in [-0.39, 0.29) is 24.2 Å². The molecule has 3 rings (SSSR count). The lowest BCUT2D eigenvalue weighted by Gasteiger charge is -2.11. The van der Waals surface area contributed by atoms with Crippen LogP contribution in [0.1, 0.15) is 41.3 Å². The summed E-state index contributed by atoms with van der Waals surface area (Å²) in [7, 11) is 1.51. The monoisotopic (exact) mass is 409 g/mol. The van der Waals surface area contributed by atoms with Crippen molar-refractivity contribution in [2.75, 3.05) is 25.6 Å². The fraction of sp³-hybridized carbons (Fsp3) is 0.261. The number of carbonyl (C=O) groups excluding carboxylic acids is 3. The molecular weight excluding hydrogens is 386 g/mol. The van der Waals surface area contributed by atoms with E-state index >= 15 is 0 Å². The van der Waals surface area contributed by atoms with Gasteiger partial charge in [0.2, 0.25) is 5.91 Å². The Balaban J connectivity index is 1.54. The number of fused-ring (bicyclic) bond motifs is 1. The van der Waals surface area contributed by atoms with E-state index in [0.29, 0.717) is 22.7 Å². The molecule has 0 unspecified atom stereocenters. The number of anilines is 1. The molecule has 0 saturated heterocycles. The predicted molar refractivity (Wildman–Crippen MR) is 112 cm³/mol. The van der Waals surface area contributed by atoms with E-state index in [4.69, 9.17) is 14.2 Å². The molecule has 0 aromatic heterocycles. The zero-order valence-corrected chi connectivity index (χ0v) is 17.1. The Bertz CT molecular complexity index is 1010. The third-order valence-electron chi connectivity index (χ3n) is 4.75. The number of ketones is 1. The summed E-state index contributed by atoms with van der Waals surface area (Å²) in [6, 6.07) is 10.3. The highest BCUT2D eigenvalue weighted by molar-refractivity contribution is 6.05. The van der Waals surface area contributed by atoms with E-state index in [1.54, 1.807) is 37.3 Å². The van der Waals surface area contributed by atoms with E-state index in [1.165, 1.54) is 7.11 Å². The predicted octanol–water partition coefficient (Wildman–Crippen LogP) is 3.59. The molecule has 2 aromatic carbocycles. The second kappa shape index (κ2) is 9.26. The number of esters is 1. The van der Waals surface area contributed by atoms with Crippen molar-refractivity contribution in [2.45, 2.75) is 19.8 Å². The summed E-state index contributed by atoms with van der Waals surface area (Å²) in [6.45, 7) is 2.92. The van der Waals surface area contributed by atoms with E-state index in [1.807, 2.05) is 25.1 Å². The van der Waals surface area contributed by atoms with Gasteiger partial charge in [0.1, 0.15) is 0 Å². The topological polar surface area (TPSA) is 90.9 Å². The Morgan fingerprint density at radius 1 is 1.10 bits per heavy atom. The minimum Gasteiger partial charge on any atom is -0.493 e. The van der Waals surface area contributed by atoms with E-state index in [0.717, 1.165) is 11.1 Å². The average molecular weight is 409 g/mol. The molecule has 1 amide bonds. The molecular formula is C23H23NO6. The number of hydrogen-bond donors (Lipinski definition) is 1. The zero-order valence-electron chi connectivity index (χ0n) is 17.1. The number of allylic oxidation sites excluding steroid dienone is 1. The van der Waals surface area contributed by atoms with Crippen LogP contribution in [0.4, 0.5) is 5.69 Å². The van der Waals surface area contributed by atoms with Gasteiger partial charge in [0, 0.05) is 11.3 Å². The fourth-order valence-electron chi connectivity index (χ4n) is 3.10. The van der Waals surface area contributed by atoms with Gasteiger partial charge in [-0.05, 0) is 55.3 Å². The molecule has 1 N–H and O–H groups in total. The average Bonchev–Trinajstić information content (AvgIpc) is 3.04. The molecule has 30 heavy (non-hydrogen) atoms. The molecule has 2 aromatic rings. The molecule has 1 atom stereocenters. The lowest BCUT2D eigenvalue weighted by atomic mass is 9.99. The van der Waals surface area contributed by atoms with Gasteiger partial charge in [-0.1, -0.05) is 18.2 Å². The molecule has 156 valence electrons. The summed E-state index contributed by atoms with van der Waals surface area (Å²) in [4.78, 5) is 36.1. The molecule has 1 aliphatic heterocycles. The Hall–Kier alpha value is -3.61. The molecule has 0 aliphatic carbocycles. The number of rotatable bonds is 8. The molecule has 0 spiro atoms. The van der Waals surface area contributed by atoms with Crippen LogP contribution in [0.15, 0.2) is 42.5 Å². The van der Waals surface area contributed by atoms with Gasteiger partial charge in [-0.2, -0.15) is 0 Å². The highest BCUT2D eigenvalue weighted by Gasteiger charge is 2.27. The quantitative estimate of drug-likeness (QED) is 0.529. The van der Waals surface area contributed by atoms with E-state index < -0.39 is 12.6 Å². The van der Waals surface area contributed by atoms with Gasteiger partial charge in [0.05, 0.1) is 13.0 Å². The molecule has 0 radical (unpaired) electrons. The van der Waals surface area contributed by atoms with Crippen LogP contribution in [0.2, 0.25) is 0 Å². The third-order valence-corrected chi connectivity index (χ3v) is 4.75. The number of amides is 1. The van der Waals surface area contributed by atoms with Crippen molar-refractivity contribution in [3.63, 3.8) is 0 Å². The van der Waals surface area contributed by atoms with Crippen molar-refractivity contribution in [2.24, 2.45) is 0 Å². The normalized spacial score (nSPS) is 14.9. The Labute approximate surface area is 174 Å². The maximum absolute atomic E-state index is 12.4. The second-order valence-corrected chi connectivity index (χ2v) is 6.80. The highest BCUT2D eigenvalue weighted by atomic mass is 16.6. The van der Waals surface area contributed by atoms with Crippen molar-refractivity contribution < 1.29 is 28.6 Å². The van der Waals surface area contributed by atoms with Crippen LogP contribution < -0.4 is 14.8 Å². The minimum atomic E-state index is -0.672. The summed E-state index contributed by atoms with van der Waals surface area (Å²) in [5.41, 5.74) is 2.78. The molecule has 1 aliphatic rings. The first-order valence-corrected chi connectivity index (χ1v) is 9.50. The maximum Gasteiger partial charge on any atom is 0.344 e. The molecule has 1 heterocycles. The number of benzene rings is 2. The van der Waals surface area contributed by atoms with Crippen LogP contribution >= 0.6 is 0 Å². The number of carbonyl (C=O) groups is 3. The minimum absolute atomic E-state index is 0.104. The summed E-state index contributed by atoms with van der Waals surface area (Å²) >= 11 is 0. The van der Waals surface area contributed by atoms with Gasteiger partial charge in [-0.3, -0.25) is 9.59 Å². The van der Waals surface area contributed by atoms with Crippen molar-refractivity contribution in [3.05, 3.63) is 59.2 Å². The molecule has 0 fully saturated rings. The molecule has 0 bridgehead atoms. The van der Waals surface area contributed by atoms with Gasteiger partial charge < -0.3 is 19.5 Å². The van der Waals surface area contributed by atoms with Gasteiger partial charge >= 0.3 is 5.97 Å². The van der Waals surface area contributed by atoms with Crippen LogP contribution in [-0.4, -0.2) is 38.0 Å². The number of methoxy groups -OCH3 is 1. The largest absolute Gasteiger partial charge is 0.493 e. The first-order chi connectivity index (χ1) is 14.4. The molecule has 7 heteroatoms. The second-order valence-electron chi connectivity index (χ2n) is 6.80. The molecule has 0 saturated carbocycles. The third kappa shape index (κ3) is 4.68.